The number of amides is 1. The van der Waals surface area contributed by atoms with Crippen LogP contribution < -0.4 is 10.6 Å². The van der Waals surface area contributed by atoms with Gasteiger partial charge in [0.15, 0.2) is 9.84 Å². The third kappa shape index (κ3) is 2.70. The number of hydrogen-bond acceptors (Lipinski definition) is 5. The Morgan fingerprint density at radius 1 is 1.50 bits per heavy atom. The number of carbonyl (C=O) groups is 1. The SMILES string of the molecule is O=C(NCC1CCCS1(=O)=O)C1CSCN1. The average molecular weight is 264 g/mol. The van der Waals surface area contributed by atoms with Crippen molar-refractivity contribution in [3.05, 3.63) is 0 Å². The normalized spacial score (nSPS) is 32.8. The molecule has 16 heavy (non-hydrogen) atoms. The van der Waals surface area contributed by atoms with Crippen LogP contribution in [-0.4, -0.2) is 49.5 Å². The third-order valence-electron chi connectivity index (χ3n) is 3.00. The molecule has 1 amide bonds. The van der Waals surface area contributed by atoms with Gasteiger partial charge in [-0.2, -0.15) is 0 Å². The average Bonchev–Trinajstić information content (AvgIpc) is 2.83. The number of nitrogens with one attached hydrogen (secondary N) is 2. The Bertz CT molecular complexity index is 363. The van der Waals surface area contributed by atoms with Crippen LogP contribution in [0, 0.1) is 0 Å². The standard InChI is InChI=1S/C9H16N2O3S2/c12-9(8-5-15-6-11-8)10-4-7-2-1-3-16(7,13)14/h7-8,11H,1-6H2,(H,10,12). The van der Waals surface area contributed by atoms with Gasteiger partial charge in [0, 0.05) is 18.2 Å². The summed E-state index contributed by atoms with van der Waals surface area (Å²) in [6.45, 7) is 0.268. The van der Waals surface area contributed by atoms with Crippen LogP contribution in [0.2, 0.25) is 0 Å². The van der Waals surface area contributed by atoms with Crippen LogP contribution in [0.3, 0.4) is 0 Å². The summed E-state index contributed by atoms with van der Waals surface area (Å²) < 4.78 is 23.0. The second-order valence-corrected chi connectivity index (χ2v) is 7.58. The van der Waals surface area contributed by atoms with Crippen molar-refractivity contribution >= 4 is 27.5 Å². The van der Waals surface area contributed by atoms with Crippen LogP contribution in [0.1, 0.15) is 12.8 Å². The summed E-state index contributed by atoms with van der Waals surface area (Å²) in [4.78, 5) is 11.6. The minimum atomic E-state index is -2.95. The maximum atomic E-state index is 11.6. The van der Waals surface area contributed by atoms with Crippen molar-refractivity contribution in [1.82, 2.24) is 10.6 Å². The van der Waals surface area contributed by atoms with Gasteiger partial charge in [0.05, 0.1) is 17.0 Å². The molecule has 0 radical (unpaired) electrons. The Morgan fingerprint density at radius 2 is 2.31 bits per heavy atom. The van der Waals surface area contributed by atoms with E-state index in [4.69, 9.17) is 0 Å². The second kappa shape index (κ2) is 4.93. The quantitative estimate of drug-likeness (QED) is 0.708. The highest BCUT2D eigenvalue weighted by atomic mass is 32.2. The number of hydrogen-bond donors (Lipinski definition) is 2. The zero-order valence-electron chi connectivity index (χ0n) is 8.94. The summed E-state index contributed by atoms with van der Waals surface area (Å²) in [7, 11) is -2.95. The predicted molar refractivity (Wildman–Crippen MR) is 64.1 cm³/mol. The maximum absolute atomic E-state index is 11.6. The van der Waals surface area contributed by atoms with E-state index in [0.29, 0.717) is 6.42 Å². The van der Waals surface area contributed by atoms with E-state index in [9.17, 15) is 13.2 Å². The first-order valence-electron chi connectivity index (χ1n) is 5.40. The third-order valence-corrected chi connectivity index (χ3v) is 6.22. The molecule has 2 unspecified atom stereocenters. The molecule has 0 bridgehead atoms. The van der Waals surface area contributed by atoms with E-state index in [-0.39, 0.29) is 29.5 Å². The fraction of sp³-hybridized carbons (Fsp3) is 0.889. The fourth-order valence-electron chi connectivity index (χ4n) is 1.99. The molecular formula is C9H16N2O3S2. The Balaban J connectivity index is 1.81. The number of rotatable bonds is 3. The van der Waals surface area contributed by atoms with Crippen molar-refractivity contribution in [2.24, 2.45) is 0 Å². The Morgan fingerprint density at radius 3 is 2.88 bits per heavy atom. The lowest BCUT2D eigenvalue weighted by Crippen LogP contribution is -2.45. The van der Waals surface area contributed by atoms with Crippen LogP contribution in [0.25, 0.3) is 0 Å². The molecule has 2 aliphatic heterocycles. The highest BCUT2D eigenvalue weighted by Crippen LogP contribution is 2.19. The molecule has 2 heterocycles. The van der Waals surface area contributed by atoms with Crippen molar-refractivity contribution in [1.29, 1.82) is 0 Å². The van der Waals surface area contributed by atoms with Crippen molar-refractivity contribution in [2.45, 2.75) is 24.1 Å². The lowest BCUT2D eigenvalue weighted by atomic mass is 10.2. The van der Waals surface area contributed by atoms with Crippen molar-refractivity contribution in [3.8, 4) is 0 Å². The number of sulfone groups is 1. The predicted octanol–water partition coefficient (Wildman–Crippen LogP) is -0.658. The molecule has 2 rings (SSSR count). The van der Waals surface area contributed by atoms with Crippen molar-refractivity contribution in [2.75, 3.05) is 23.9 Å². The molecular weight excluding hydrogens is 248 g/mol. The topological polar surface area (TPSA) is 75.3 Å². The lowest BCUT2D eigenvalue weighted by Gasteiger charge is -2.13. The fourth-order valence-corrected chi connectivity index (χ4v) is 4.70. The molecule has 92 valence electrons. The molecule has 2 saturated heterocycles. The van der Waals surface area contributed by atoms with Crippen molar-refractivity contribution < 1.29 is 13.2 Å². The van der Waals surface area contributed by atoms with E-state index >= 15 is 0 Å². The Kier molecular flexibility index (Phi) is 3.76. The van der Waals surface area contributed by atoms with Crippen LogP contribution >= 0.6 is 11.8 Å². The van der Waals surface area contributed by atoms with Gasteiger partial charge in [-0.15, -0.1) is 11.8 Å². The van der Waals surface area contributed by atoms with E-state index < -0.39 is 9.84 Å². The highest BCUT2D eigenvalue weighted by Gasteiger charge is 2.32. The maximum Gasteiger partial charge on any atom is 0.238 e. The first kappa shape index (κ1) is 12.2. The van der Waals surface area contributed by atoms with Crippen LogP contribution in [0.4, 0.5) is 0 Å². The molecule has 0 spiro atoms. The van der Waals surface area contributed by atoms with Gasteiger partial charge in [-0.1, -0.05) is 0 Å². The van der Waals surface area contributed by atoms with E-state index in [2.05, 4.69) is 10.6 Å². The number of thioether (sulfide) groups is 1. The molecule has 5 nitrogen and oxygen atoms in total. The molecule has 2 N–H and O–H groups in total. The summed E-state index contributed by atoms with van der Waals surface area (Å²) in [5, 5.41) is 5.41. The van der Waals surface area contributed by atoms with Gasteiger partial charge >= 0.3 is 0 Å². The van der Waals surface area contributed by atoms with Gasteiger partial charge in [-0.3, -0.25) is 10.1 Å². The van der Waals surface area contributed by atoms with E-state index in [1.807, 2.05) is 0 Å². The van der Waals surface area contributed by atoms with Gasteiger partial charge in [0.1, 0.15) is 0 Å². The van der Waals surface area contributed by atoms with Crippen molar-refractivity contribution in [3.63, 3.8) is 0 Å². The van der Waals surface area contributed by atoms with Crippen LogP contribution in [0.15, 0.2) is 0 Å². The molecule has 0 saturated carbocycles. The van der Waals surface area contributed by atoms with Gasteiger partial charge in [-0.05, 0) is 12.8 Å². The highest BCUT2D eigenvalue weighted by molar-refractivity contribution is 7.99. The van der Waals surface area contributed by atoms with E-state index in [0.717, 1.165) is 18.1 Å². The summed E-state index contributed by atoms with van der Waals surface area (Å²) in [6, 6.07) is -0.158. The van der Waals surface area contributed by atoms with Crippen LogP contribution in [0.5, 0.6) is 0 Å². The molecule has 0 aromatic rings. The Hall–Kier alpha value is -0.270. The first-order chi connectivity index (χ1) is 7.59. The lowest BCUT2D eigenvalue weighted by molar-refractivity contribution is -0.122. The molecule has 2 atom stereocenters. The van der Waals surface area contributed by atoms with E-state index in [1.54, 1.807) is 11.8 Å². The van der Waals surface area contributed by atoms with Crippen LogP contribution in [-0.2, 0) is 14.6 Å². The molecule has 0 aliphatic carbocycles. The zero-order valence-corrected chi connectivity index (χ0v) is 10.6. The number of carbonyl (C=O) groups excluding carboxylic acids is 1. The van der Waals surface area contributed by atoms with Gasteiger partial charge in [0.25, 0.3) is 0 Å². The molecule has 0 aromatic carbocycles. The van der Waals surface area contributed by atoms with E-state index in [1.165, 1.54) is 0 Å². The Labute approximate surface area is 99.7 Å². The summed E-state index contributed by atoms with van der Waals surface area (Å²) in [5.74, 6) is 1.75. The molecule has 7 heteroatoms. The smallest absolute Gasteiger partial charge is 0.238 e. The second-order valence-electron chi connectivity index (χ2n) is 4.15. The largest absolute Gasteiger partial charge is 0.353 e. The summed E-state index contributed by atoms with van der Waals surface area (Å²) in [6.07, 6.45) is 1.40. The van der Waals surface area contributed by atoms with Gasteiger partial charge in [0.2, 0.25) is 5.91 Å². The minimum Gasteiger partial charge on any atom is -0.353 e. The minimum absolute atomic E-state index is 0.0768. The molecule has 2 fully saturated rings. The summed E-state index contributed by atoms with van der Waals surface area (Å²) in [5.41, 5.74) is 0. The van der Waals surface area contributed by atoms with Gasteiger partial charge in [-0.25, -0.2) is 8.42 Å². The molecule has 2 aliphatic rings. The molecule has 0 aromatic heterocycles. The monoisotopic (exact) mass is 264 g/mol. The summed E-state index contributed by atoms with van der Waals surface area (Å²) >= 11 is 1.68. The zero-order chi connectivity index (χ0) is 11.6. The van der Waals surface area contributed by atoms with Gasteiger partial charge < -0.3 is 5.32 Å². The first-order valence-corrected chi connectivity index (χ1v) is 8.27.